The van der Waals surface area contributed by atoms with Gasteiger partial charge in [-0.25, -0.2) is 0 Å². The minimum atomic E-state index is -0.0126. The summed E-state index contributed by atoms with van der Waals surface area (Å²) >= 11 is 1.55. The van der Waals surface area contributed by atoms with E-state index in [1.165, 1.54) is 0 Å². The van der Waals surface area contributed by atoms with E-state index in [9.17, 15) is 4.79 Å². The molecule has 3 heterocycles. The maximum Gasteiger partial charge on any atom is 0.257 e. The Labute approximate surface area is 126 Å². The van der Waals surface area contributed by atoms with Gasteiger partial charge in [0.2, 0.25) is 11.8 Å². The number of ether oxygens (including phenoxy) is 1. The van der Waals surface area contributed by atoms with E-state index < -0.39 is 0 Å². The second-order valence-corrected chi connectivity index (χ2v) is 5.87. The number of thiophene rings is 1. The van der Waals surface area contributed by atoms with E-state index >= 15 is 0 Å². The lowest BCUT2D eigenvalue weighted by molar-refractivity contribution is -0.121. The Balaban J connectivity index is 1.43. The smallest absolute Gasteiger partial charge is 0.257 e. The fourth-order valence-corrected chi connectivity index (χ4v) is 2.84. The van der Waals surface area contributed by atoms with Gasteiger partial charge in [-0.1, -0.05) is 6.07 Å². The molecular weight excluding hydrogens is 290 g/mol. The minimum absolute atomic E-state index is 0.0126. The fraction of sp³-hybridized carbons (Fsp3) is 0.500. The lowest BCUT2D eigenvalue weighted by Crippen LogP contribution is -2.31. The van der Waals surface area contributed by atoms with E-state index in [-0.39, 0.29) is 12.0 Å². The molecule has 0 bridgehead atoms. The molecule has 3 rings (SSSR count). The fourth-order valence-electron chi connectivity index (χ4n) is 2.20. The van der Waals surface area contributed by atoms with E-state index in [0.717, 1.165) is 24.3 Å². The summed E-state index contributed by atoms with van der Waals surface area (Å²) in [7, 11) is 0. The summed E-state index contributed by atoms with van der Waals surface area (Å²) in [6.07, 6.45) is 3.07. The first-order valence-corrected chi connectivity index (χ1v) is 7.94. The van der Waals surface area contributed by atoms with Crippen molar-refractivity contribution in [2.24, 2.45) is 0 Å². The number of hydrogen-bond acceptors (Lipinski definition) is 6. The van der Waals surface area contributed by atoms with Crippen LogP contribution < -0.4 is 5.32 Å². The normalized spacial score (nSPS) is 18.0. The lowest BCUT2D eigenvalue weighted by atomic mass is 10.2. The van der Waals surface area contributed by atoms with Crippen molar-refractivity contribution in [2.45, 2.75) is 31.8 Å². The van der Waals surface area contributed by atoms with Crippen molar-refractivity contribution in [1.82, 2.24) is 15.5 Å². The maximum atomic E-state index is 11.8. The average Bonchev–Trinajstić information content (AvgIpc) is 3.24. The third-order valence-electron chi connectivity index (χ3n) is 3.32. The molecule has 0 aromatic carbocycles. The predicted octanol–water partition coefficient (Wildman–Crippen LogP) is 2.03. The summed E-state index contributed by atoms with van der Waals surface area (Å²) in [5, 5.41) is 12.8. The molecule has 112 valence electrons. The second kappa shape index (κ2) is 6.82. The van der Waals surface area contributed by atoms with Crippen LogP contribution in [0.15, 0.2) is 21.9 Å². The maximum absolute atomic E-state index is 11.8. The van der Waals surface area contributed by atoms with Crippen LogP contribution in [0.1, 0.15) is 25.2 Å². The summed E-state index contributed by atoms with van der Waals surface area (Å²) in [6, 6.07) is 3.86. The number of nitrogens with zero attached hydrogens (tertiary/aromatic N) is 2. The second-order valence-electron chi connectivity index (χ2n) is 4.92. The average molecular weight is 307 g/mol. The number of carbonyl (C=O) groups is 1. The first-order chi connectivity index (χ1) is 10.3. The SMILES string of the molecule is O=C(CCc1nnc(-c2cccs2)o1)NCC1CCCO1. The van der Waals surface area contributed by atoms with Crippen molar-refractivity contribution in [3.05, 3.63) is 23.4 Å². The molecule has 0 spiro atoms. The number of carbonyl (C=O) groups excluding carboxylic acids is 1. The van der Waals surface area contributed by atoms with E-state index in [2.05, 4.69) is 15.5 Å². The highest BCUT2D eigenvalue weighted by molar-refractivity contribution is 7.13. The Bertz CT molecular complexity index is 576. The van der Waals surface area contributed by atoms with Gasteiger partial charge in [-0.05, 0) is 24.3 Å². The van der Waals surface area contributed by atoms with Crippen LogP contribution in [-0.4, -0.2) is 35.4 Å². The first kappa shape index (κ1) is 14.2. The topological polar surface area (TPSA) is 77.2 Å². The molecule has 1 amide bonds. The Morgan fingerprint density at radius 3 is 3.19 bits per heavy atom. The summed E-state index contributed by atoms with van der Waals surface area (Å²) in [6.45, 7) is 1.39. The van der Waals surface area contributed by atoms with Crippen LogP contribution in [-0.2, 0) is 16.0 Å². The molecule has 1 aliphatic rings. The summed E-state index contributed by atoms with van der Waals surface area (Å²) < 4.78 is 11.0. The number of nitrogens with one attached hydrogen (secondary N) is 1. The molecule has 0 aliphatic carbocycles. The van der Waals surface area contributed by atoms with Crippen molar-refractivity contribution >= 4 is 17.2 Å². The van der Waals surface area contributed by atoms with Crippen LogP contribution in [0, 0.1) is 0 Å². The van der Waals surface area contributed by atoms with Gasteiger partial charge in [0, 0.05) is 26.0 Å². The van der Waals surface area contributed by atoms with Crippen LogP contribution in [0.25, 0.3) is 10.8 Å². The molecular formula is C14H17N3O3S. The van der Waals surface area contributed by atoms with Crippen molar-refractivity contribution in [2.75, 3.05) is 13.2 Å². The molecule has 1 aliphatic heterocycles. The summed E-state index contributed by atoms with van der Waals surface area (Å²) in [5.74, 6) is 0.992. The van der Waals surface area contributed by atoms with Crippen molar-refractivity contribution in [3.8, 4) is 10.8 Å². The molecule has 1 N–H and O–H groups in total. The van der Waals surface area contributed by atoms with E-state index in [1.54, 1.807) is 11.3 Å². The van der Waals surface area contributed by atoms with Gasteiger partial charge in [-0.15, -0.1) is 21.5 Å². The lowest BCUT2D eigenvalue weighted by Gasteiger charge is -2.10. The van der Waals surface area contributed by atoms with E-state index in [1.807, 2.05) is 17.5 Å². The molecule has 1 saturated heterocycles. The quantitative estimate of drug-likeness (QED) is 0.883. The zero-order chi connectivity index (χ0) is 14.5. The van der Waals surface area contributed by atoms with E-state index in [4.69, 9.17) is 9.15 Å². The van der Waals surface area contributed by atoms with Crippen molar-refractivity contribution < 1.29 is 13.9 Å². The Kier molecular flexibility index (Phi) is 4.62. The molecule has 0 saturated carbocycles. The number of rotatable bonds is 6. The number of hydrogen-bond donors (Lipinski definition) is 1. The Morgan fingerprint density at radius 1 is 1.48 bits per heavy atom. The van der Waals surface area contributed by atoms with Gasteiger partial charge in [0.1, 0.15) is 0 Å². The molecule has 0 radical (unpaired) electrons. The van der Waals surface area contributed by atoms with Gasteiger partial charge in [-0.2, -0.15) is 0 Å². The van der Waals surface area contributed by atoms with E-state index in [0.29, 0.717) is 31.2 Å². The van der Waals surface area contributed by atoms with Gasteiger partial charge in [0.15, 0.2) is 0 Å². The van der Waals surface area contributed by atoms with Gasteiger partial charge in [-0.3, -0.25) is 4.79 Å². The monoisotopic (exact) mass is 307 g/mol. The predicted molar refractivity (Wildman–Crippen MR) is 77.9 cm³/mol. The van der Waals surface area contributed by atoms with Crippen LogP contribution in [0.2, 0.25) is 0 Å². The molecule has 21 heavy (non-hydrogen) atoms. The molecule has 1 atom stereocenters. The largest absolute Gasteiger partial charge is 0.420 e. The zero-order valence-electron chi connectivity index (χ0n) is 11.6. The van der Waals surface area contributed by atoms with Gasteiger partial charge in [0.05, 0.1) is 11.0 Å². The molecule has 1 fully saturated rings. The van der Waals surface area contributed by atoms with Crippen LogP contribution in [0.5, 0.6) is 0 Å². The highest BCUT2D eigenvalue weighted by Gasteiger charge is 2.16. The third kappa shape index (κ3) is 3.89. The molecule has 1 unspecified atom stereocenters. The highest BCUT2D eigenvalue weighted by Crippen LogP contribution is 2.23. The van der Waals surface area contributed by atoms with Gasteiger partial charge < -0.3 is 14.5 Å². The van der Waals surface area contributed by atoms with Gasteiger partial charge in [0.25, 0.3) is 5.89 Å². The van der Waals surface area contributed by atoms with Crippen LogP contribution >= 0.6 is 11.3 Å². The number of aryl methyl sites for hydroxylation is 1. The van der Waals surface area contributed by atoms with Crippen LogP contribution in [0.4, 0.5) is 0 Å². The van der Waals surface area contributed by atoms with Crippen LogP contribution in [0.3, 0.4) is 0 Å². The molecule has 6 nitrogen and oxygen atoms in total. The van der Waals surface area contributed by atoms with Crippen molar-refractivity contribution in [1.29, 1.82) is 0 Å². The van der Waals surface area contributed by atoms with Gasteiger partial charge >= 0.3 is 0 Å². The first-order valence-electron chi connectivity index (χ1n) is 7.06. The molecule has 2 aromatic rings. The minimum Gasteiger partial charge on any atom is -0.420 e. The third-order valence-corrected chi connectivity index (χ3v) is 4.17. The Morgan fingerprint density at radius 2 is 2.43 bits per heavy atom. The number of amides is 1. The number of aromatic nitrogens is 2. The zero-order valence-corrected chi connectivity index (χ0v) is 12.4. The molecule has 7 heteroatoms. The van der Waals surface area contributed by atoms with Crippen molar-refractivity contribution in [3.63, 3.8) is 0 Å². The summed E-state index contributed by atoms with van der Waals surface area (Å²) in [5.41, 5.74) is 0. The Hall–Kier alpha value is -1.73. The summed E-state index contributed by atoms with van der Waals surface area (Å²) in [4.78, 5) is 12.7. The molecule has 2 aromatic heterocycles. The highest BCUT2D eigenvalue weighted by atomic mass is 32.1. The standard InChI is InChI=1S/C14H17N3O3S/c18-12(15-9-10-3-1-7-19-10)5-6-13-16-17-14(20-13)11-4-2-8-21-11/h2,4,8,10H,1,3,5-7,9H2,(H,15,18).